The van der Waals surface area contributed by atoms with Gasteiger partial charge in [0.2, 0.25) is 5.88 Å². The summed E-state index contributed by atoms with van der Waals surface area (Å²) in [6.45, 7) is 2.77. The molecule has 124 valence electrons. The molecule has 0 N–H and O–H groups in total. The highest BCUT2D eigenvalue weighted by molar-refractivity contribution is 5.38. The van der Waals surface area contributed by atoms with Crippen LogP contribution >= 0.6 is 0 Å². The molecule has 3 aromatic rings. The van der Waals surface area contributed by atoms with E-state index < -0.39 is 0 Å². The molecule has 0 aliphatic carbocycles. The highest BCUT2D eigenvalue weighted by Crippen LogP contribution is 2.27. The second-order valence-corrected chi connectivity index (χ2v) is 5.92. The Morgan fingerprint density at radius 1 is 1.12 bits per heavy atom. The molecule has 8 heteroatoms. The van der Waals surface area contributed by atoms with Gasteiger partial charge in [-0.2, -0.15) is 4.52 Å². The molecule has 0 aromatic carbocycles. The van der Waals surface area contributed by atoms with E-state index in [2.05, 4.69) is 30.2 Å². The minimum absolute atomic E-state index is 0.354. The maximum absolute atomic E-state index is 5.21. The minimum Gasteiger partial charge on any atom is -0.480 e. The van der Waals surface area contributed by atoms with Crippen molar-refractivity contribution in [2.24, 2.45) is 0 Å². The molecule has 4 heterocycles. The summed E-state index contributed by atoms with van der Waals surface area (Å²) in [5, 5.41) is 13.0. The first-order valence-corrected chi connectivity index (χ1v) is 8.08. The number of nitrogens with zero attached hydrogens (tertiary/aromatic N) is 7. The number of fused-ring (bicyclic) bond motifs is 1. The van der Waals surface area contributed by atoms with E-state index in [0.717, 1.165) is 49.8 Å². The van der Waals surface area contributed by atoms with Gasteiger partial charge in [-0.3, -0.25) is 4.90 Å². The van der Waals surface area contributed by atoms with Crippen LogP contribution in [0, 0.1) is 0 Å². The molecule has 8 nitrogen and oxygen atoms in total. The first kappa shape index (κ1) is 14.9. The van der Waals surface area contributed by atoms with Crippen LogP contribution in [0.25, 0.3) is 5.65 Å². The number of aromatic nitrogens is 6. The van der Waals surface area contributed by atoms with Crippen LogP contribution < -0.4 is 4.74 Å². The summed E-state index contributed by atoms with van der Waals surface area (Å²) in [5.74, 6) is 2.71. The summed E-state index contributed by atoms with van der Waals surface area (Å²) in [6.07, 6.45) is 5.62. The Labute approximate surface area is 139 Å². The molecule has 0 amide bonds. The third-order valence-electron chi connectivity index (χ3n) is 4.41. The van der Waals surface area contributed by atoms with Crippen molar-refractivity contribution in [2.75, 3.05) is 20.2 Å². The van der Waals surface area contributed by atoms with Gasteiger partial charge in [-0.25, -0.2) is 9.97 Å². The topological polar surface area (TPSA) is 81.3 Å². The summed E-state index contributed by atoms with van der Waals surface area (Å²) < 4.78 is 7.01. The maximum Gasteiger partial charge on any atom is 0.231 e. The van der Waals surface area contributed by atoms with Crippen LogP contribution in [0.15, 0.2) is 30.6 Å². The molecule has 4 rings (SSSR count). The molecule has 0 spiro atoms. The number of piperidine rings is 1. The molecule has 24 heavy (non-hydrogen) atoms. The highest BCUT2D eigenvalue weighted by Gasteiger charge is 2.25. The molecule has 1 aliphatic rings. The summed E-state index contributed by atoms with van der Waals surface area (Å²) in [5.41, 5.74) is 0.755. The van der Waals surface area contributed by atoms with Crippen LogP contribution in [0.3, 0.4) is 0 Å². The Morgan fingerprint density at radius 3 is 2.67 bits per heavy atom. The zero-order valence-electron chi connectivity index (χ0n) is 13.5. The van der Waals surface area contributed by atoms with Gasteiger partial charge in [0.25, 0.3) is 0 Å². The second kappa shape index (κ2) is 6.48. The summed E-state index contributed by atoms with van der Waals surface area (Å²) in [7, 11) is 1.61. The summed E-state index contributed by atoms with van der Waals surface area (Å²) >= 11 is 0. The number of hydrogen-bond acceptors (Lipinski definition) is 7. The van der Waals surface area contributed by atoms with Gasteiger partial charge >= 0.3 is 0 Å². The standard InChI is InChI=1S/C16H19N7O/c1-24-15-4-3-14-19-20-16(23(14)21-15)12-5-9-22(10-6-12)11-13-17-7-2-8-18-13/h2-4,7-8,12H,5-6,9-11H2,1H3. The van der Waals surface area contributed by atoms with Crippen LogP contribution in [0.1, 0.15) is 30.4 Å². The predicted octanol–water partition coefficient (Wildman–Crippen LogP) is 1.30. The maximum atomic E-state index is 5.21. The Hall–Kier alpha value is -2.61. The minimum atomic E-state index is 0.354. The average molecular weight is 325 g/mol. The molecule has 1 fully saturated rings. The van der Waals surface area contributed by atoms with E-state index in [1.54, 1.807) is 30.1 Å². The molecule has 0 bridgehead atoms. The SMILES string of the molecule is COc1ccc2nnc(C3CCN(Cc4ncccn4)CC3)n2n1. The molecular formula is C16H19N7O. The summed E-state index contributed by atoms with van der Waals surface area (Å²) in [4.78, 5) is 11.0. The van der Waals surface area contributed by atoms with E-state index in [9.17, 15) is 0 Å². The highest BCUT2D eigenvalue weighted by atomic mass is 16.5. The fraction of sp³-hybridized carbons (Fsp3) is 0.438. The lowest BCUT2D eigenvalue weighted by Gasteiger charge is -2.30. The normalized spacial score (nSPS) is 16.5. The third kappa shape index (κ3) is 2.92. The summed E-state index contributed by atoms with van der Waals surface area (Å²) in [6, 6.07) is 5.52. The first-order chi connectivity index (χ1) is 11.8. The van der Waals surface area contributed by atoms with E-state index in [1.165, 1.54) is 0 Å². The zero-order chi connectivity index (χ0) is 16.4. The van der Waals surface area contributed by atoms with E-state index >= 15 is 0 Å². The van der Waals surface area contributed by atoms with E-state index in [4.69, 9.17) is 4.74 Å². The predicted molar refractivity (Wildman–Crippen MR) is 86.6 cm³/mol. The Kier molecular flexibility index (Phi) is 4.04. The molecule has 0 saturated carbocycles. The fourth-order valence-electron chi connectivity index (χ4n) is 3.11. The van der Waals surface area contributed by atoms with Gasteiger partial charge in [-0.15, -0.1) is 15.3 Å². The van der Waals surface area contributed by atoms with E-state index in [1.807, 2.05) is 12.1 Å². The van der Waals surface area contributed by atoms with Crippen LogP contribution in [0.5, 0.6) is 5.88 Å². The van der Waals surface area contributed by atoms with Gasteiger partial charge in [-0.1, -0.05) is 0 Å². The lowest BCUT2D eigenvalue weighted by Crippen LogP contribution is -2.33. The van der Waals surface area contributed by atoms with Crippen LogP contribution in [-0.4, -0.2) is 54.9 Å². The van der Waals surface area contributed by atoms with Crippen LogP contribution in [0.4, 0.5) is 0 Å². The molecule has 0 unspecified atom stereocenters. The molecule has 1 aliphatic heterocycles. The van der Waals surface area contributed by atoms with Gasteiger partial charge in [0, 0.05) is 24.4 Å². The van der Waals surface area contributed by atoms with E-state index in [0.29, 0.717) is 11.8 Å². The van der Waals surface area contributed by atoms with Gasteiger partial charge in [0.1, 0.15) is 5.82 Å². The van der Waals surface area contributed by atoms with Gasteiger partial charge in [0.05, 0.1) is 13.7 Å². The van der Waals surface area contributed by atoms with Gasteiger partial charge in [-0.05, 0) is 38.1 Å². The quantitative estimate of drug-likeness (QED) is 0.715. The van der Waals surface area contributed by atoms with Crippen molar-refractivity contribution in [1.82, 2.24) is 34.7 Å². The Morgan fingerprint density at radius 2 is 1.92 bits per heavy atom. The number of ether oxygens (including phenoxy) is 1. The molecular weight excluding hydrogens is 306 g/mol. The van der Waals surface area contributed by atoms with Crippen molar-refractivity contribution in [3.8, 4) is 5.88 Å². The lowest BCUT2D eigenvalue weighted by atomic mass is 9.96. The van der Waals surface area contributed by atoms with Crippen molar-refractivity contribution in [2.45, 2.75) is 25.3 Å². The smallest absolute Gasteiger partial charge is 0.231 e. The van der Waals surface area contributed by atoms with Crippen LogP contribution in [-0.2, 0) is 6.54 Å². The van der Waals surface area contributed by atoms with Gasteiger partial charge < -0.3 is 4.74 Å². The Balaban J connectivity index is 1.46. The van der Waals surface area contributed by atoms with Gasteiger partial charge in [0.15, 0.2) is 11.5 Å². The third-order valence-corrected chi connectivity index (χ3v) is 4.41. The van der Waals surface area contributed by atoms with Crippen LogP contribution in [0.2, 0.25) is 0 Å². The zero-order valence-corrected chi connectivity index (χ0v) is 13.5. The average Bonchev–Trinajstić information content (AvgIpc) is 3.06. The lowest BCUT2D eigenvalue weighted by molar-refractivity contribution is 0.196. The number of rotatable bonds is 4. The molecule has 0 atom stereocenters. The Bertz CT molecular complexity index is 812. The second-order valence-electron chi connectivity index (χ2n) is 5.92. The molecule has 3 aromatic heterocycles. The fourth-order valence-corrected chi connectivity index (χ4v) is 3.11. The van der Waals surface area contributed by atoms with Crippen molar-refractivity contribution in [3.63, 3.8) is 0 Å². The first-order valence-electron chi connectivity index (χ1n) is 8.08. The van der Waals surface area contributed by atoms with Crippen molar-refractivity contribution < 1.29 is 4.74 Å². The van der Waals surface area contributed by atoms with Crippen molar-refractivity contribution >= 4 is 5.65 Å². The molecule has 0 radical (unpaired) electrons. The number of methoxy groups -OCH3 is 1. The number of hydrogen-bond donors (Lipinski definition) is 0. The largest absolute Gasteiger partial charge is 0.480 e. The van der Waals surface area contributed by atoms with Crippen molar-refractivity contribution in [3.05, 3.63) is 42.2 Å². The van der Waals surface area contributed by atoms with E-state index in [-0.39, 0.29) is 0 Å². The number of likely N-dealkylation sites (tertiary alicyclic amines) is 1. The molecule has 1 saturated heterocycles. The monoisotopic (exact) mass is 325 g/mol. The van der Waals surface area contributed by atoms with Crippen molar-refractivity contribution in [1.29, 1.82) is 0 Å².